The predicted molar refractivity (Wildman–Crippen MR) is 78.9 cm³/mol. The fourth-order valence-corrected chi connectivity index (χ4v) is 2.51. The number of pyridine rings is 1. The Hall–Kier alpha value is -0.890. The van der Waals surface area contributed by atoms with Gasteiger partial charge in [0.1, 0.15) is 0 Å². The largest absolute Gasteiger partial charge is 0.316 e. The summed E-state index contributed by atoms with van der Waals surface area (Å²) in [4.78, 5) is 4.09. The van der Waals surface area contributed by atoms with Gasteiger partial charge in [-0.1, -0.05) is 46.0 Å². The van der Waals surface area contributed by atoms with Crippen molar-refractivity contribution < 1.29 is 0 Å². The molecule has 0 amide bonds. The minimum Gasteiger partial charge on any atom is -0.316 e. The maximum Gasteiger partial charge on any atom is 0.0270 e. The molecule has 0 saturated heterocycles. The molecular weight excluding hydrogens is 220 g/mol. The maximum absolute atomic E-state index is 4.09. The molecule has 2 unspecified atom stereocenters. The molecule has 1 heterocycles. The van der Waals surface area contributed by atoms with Gasteiger partial charge in [0.25, 0.3) is 0 Å². The molecule has 0 saturated carbocycles. The van der Waals surface area contributed by atoms with Gasteiger partial charge in [-0.05, 0) is 37.1 Å². The van der Waals surface area contributed by atoms with E-state index < -0.39 is 0 Å². The van der Waals surface area contributed by atoms with Gasteiger partial charge in [-0.25, -0.2) is 0 Å². The number of hydrogen-bond donors (Lipinski definition) is 1. The molecule has 0 aliphatic carbocycles. The second-order valence-corrected chi connectivity index (χ2v) is 5.17. The van der Waals surface area contributed by atoms with Crippen molar-refractivity contribution in [3.8, 4) is 0 Å². The lowest BCUT2D eigenvalue weighted by molar-refractivity contribution is 0.432. The quantitative estimate of drug-likeness (QED) is 0.665. The Kier molecular flexibility index (Phi) is 7.66. The maximum atomic E-state index is 4.09. The topological polar surface area (TPSA) is 24.9 Å². The summed E-state index contributed by atoms with van der Waals surface area (Å²) < 4.78 is 0. The van der Waals surface area contributed by atoms with Gasteiger partial charge in [-0.15, -0.1) is 0 Å². The standard InChI is InChI=1S/C16H28N2/c1-4-5-6-7-8-9-16(17-3)14(2)15-10-12-18-13-11-15/h10-14,16-17H,4-9H2,1-3H3. The molecule has 0 spiro atoms. The molecule has 0 radical (unpaired) electrons. The van der Waals surface area contributed by atoms with E-state index in [0.29, 0.717) is 12.0 Å². The van der Waals surface area contributed by atoms with E-state index >= 15 is 0 Å². The zero-order valence-electron chi connectivity index (χ0n) is 12.2. The van der Waals surface area contributed by atoms with Crippen LogP contribution in [-0.4, -0.2) is 18.1 Å². The summed E-state index contributed by atoms with van der Waals surface area (Å²) in [6.45, 7) is 4.57. The van der Waals surface area contributed by atoms with Gasteiger partial charge in [-0.2, -0.15) is 0 Å². The number of rotatable bonds is 9. The summed E-state index contributed by atoms with van der Waals surface area (Å²) in [5.74, 6) is 0.559. The van der Waals surface area contributed by atoms with Crippen LogP contribution in [0.4, 0.5) is 0 Å². The first kappa shape index (κ1) is 15.2. The highest BCUT2D eigenvalue weighted by Gasteiger charge is 2.16. The third-order valence-corrected chi connectivity index (χ3v) is 3.82. The van der Waals surface area contributed by atoms with E-state index in [9.17, 15) is 0 Å². The van der Waals surface area contributed by atoms with Crippen LogP contribution in [0, 0.1) is 0 Å². The zero-order chi connectivity index (χ0) is 13.2. The monoisotopic (exact) mass is 248 g/mol. The lowest BCUT2D eigenvalue weighted by Gasteiger charge is -2.24. The molecule has 0 bridgehead atoms. The smallest absolute Gasteiger partial charge is 0.0270 e. The molecule has 2 nitrogen and oxygen atoms in total. The van der Waals surface area contributed by atoms with Crippen LogP contribution in [0.2, 0.25) is 0 Å². The first-order valence-corrected chi connectivity index (χ1v) is 7.36. The molecule has 1 aromatic heterocycles. The minimum atomic E-state index is 0.559. The molecule has 2 heteroatoms. The summed E-state index contributed by atoms with van der Waals surface area (Å²) >= 11 is 0. The van der Waals surface area contributed by atoms with Gasteiger partial charge in [-0.3, -0.25) is 4.98 Å². The first-order chi connectivity index (χ1) is 8.79. The first-order valence-electron chi connectivity index (χ1n) is 7.36. The average molecular weight is 248 g/mol. The van der Waals surface area contributed by atoms with E-state index in [-0.39, 0.29) is 0 Å². The third-order valence-electron chi connectivity index (χ3n) is 3.82. The highest BCUT2D eigenvalue weighted by molar-refractivity contribution is 5.16. The molecule has 0 aliphatic rings. The highest BCUT2D eigenvalue weighted by atomic mass is 14.9. The number of nitrogens with one attached hydrogen (secondary N) is 1. The molecule has 0 aliphatic heterocycles. The SMILES string of the molecule is CCCCCCCC(NC)C(C)c1ccncc1. The molecular formula is C16H28N2. The molecule has 2 atom stereocenters. The van der Waals surface area contributed by atoms with E-state index in [1.54, 1.807) is 0 Å². The van der Waals surface area contributed by atoms with Gasteiger partial charge in [0.05, 0.1) is 0 Å². The van der Waals surface area contributed by atoms with Crippen molar-refractivity contribution in [3.63, 3.8) is 0 Å². The predicted octanol–water partition coefficient (Wildman–Crippen LogP) is 4.13. The van der Waals surface area contributed by atoms with Gasteiger partial charge in [0, 0.05) is 18.4 Å². The van der Waals surface area contributed by atoms with Crippen LogP contribution in [0.1, 0.15) is 63.9 Å². The van der Waals surface area contributed by atoms with Crippen LogP contribution >= 0.6 is 0 Å². The van der Waals surface area contributed by atoms with Crippen molar-refractivity contribution in [2.45, 2.75) is 64.3 Å². The van der Waals surface area contributed by atoms with E-state index in [1.165, 1.54) is 44.1 Å². The number of nitrogens with zero attached hydrogens (tertiary/aromatic N) is 1. The van der Waals surface area contributed by atoms with Crippen LogP contribution < -0.4 is 5.32 Å². The van der Waals surface area contributed by atoms with E-state index in [1.807, 2.05) is 12.4 Å². The fourth-order valence-electron chi connectivity index (χ4n) is 2.51. The summed E-state index contributed by atoms with van der Waals surface area (Å²) in [6.07, 6.45) is 11.8. The van der Waals surface area contributed by atoms with Crippen LogP contribution in [0.3, 0.4) is 0 Å². The van der Waals surface area contributed by atoms with Crippen LogP contribution in [0.5, 0.6) is 0 Å². The lowest BCUT2D eigenvalue weighted by Crippen LogP contribution is -2.30. The Balaban J connectivity index is 2.36. The van der Waals surface area contributed by atoms with Crippen molar-refractivity contribution >= 4 is 0 Å². The lowest BCUT2D eigenvalue weighted by atomic mass is 9.90. The zero-order valence-corrected chi connectivity index (χ0v) is 12.2. The molecule has 18 heavy (non-hydrogen) atoms. The molecule has 102 valence electrons. The van der Waals surface area contributed by atoms with Crippen LogP contribution in [0.25, 0.3) is 0 Å². The summed E-state index contributed by atoms with van der Waals surface area (Å²) in [5.41, 5.74) is 1.39. The average Bonchev–Trinajstić information content (AvgIpc) is 2.43. The van der Waals surface area contributed by atoms with Gasteiger partial charge in [0.2, 0.25) is 0 Å². The Morgan fingerprint density at radius 3 is 2.39 bits per heavy atom. The minimum absolute atomic E-state index is 0.559. The number of hydrogen-bond acceptors (Lipinski definition) is 2. The summed E-state index contributed by atoms with van der Waals surface area (Å²) in [7, 11) is 2.08. The van der Waals surface area contributed by atoms with E-state index in [0.717, 1.165) is 0 Å². The second-order valence-electron chi connectivity index (χ2n) is 5.17. The normalized spacial score (nSPS) is 14.4. The number of aromatic nitrogens is 1. The van der Waals surface area contributed by atoms with Crippen molar-refractivity contribution in [2.75, 3.05) is 7.05 Å². The van der Waals surface area contributed by atoms with Crippen molar-refractivity contribution in [1.29, 1.82) is 0 Å². The van der Waals surface area contributed by atoms with Crippen molar-refractivity contribution in [2.24, 2.45) is 0 Å². The Morgan fingerprint density at radius 1 is 1.11 bits per heavy atom. The molecule has 1 aromatic rings. The third kappa shape index (κ3) is 5.18. The number of likely N-dealkylation sites (N-methyl/N-ethyl adjacent to an activating group) is 1. The van der Waals surface area contributed by atoms with Crippen LogP contribution in [0.15, 0.2) is 24.5 Å². The van der Waals surface area contributed by atoms with Gasteiger partial charge < -0.3 is 5.32 Å². The van der Waals surface area contributed by atoms with Gasteiger partial charge in [0.15, 0.2) is 0 Å². The Bertz CT molecular complexity index is 297. The van der Waals surface area contributed by atoms with E-state index in [2.05, 4.69) is 43.3 Å². The number of unbranched alkanes of at least 4 members (excludes halogenated alkanes) is 4. The van der Waals surface area contributed by atoms with Crippen molar-refractivity contribution in [3.05, 3.63) is 30.1 Å². The molecule has 1 N–H and O–H groups in total. The molecule has 0 fully saturated rings. The fraction of sp³-hybridized carbons (Fsp3) is 0.688. The molecule has 1 rings (SSSR count). The van der Waals surface area contributed by atoms with Crippen molar-refractivity contribution in [1.82, 2.24) is 10.3 Å². The molecule has 0 aromatic carbocycles. The highest BCUT2D eigenvalue weighted by Crippen LogP contribution is 2.22. The second kappa shape index (κ2) is 9.09. The van der Waals surface area contributed by atoms with E-state index in [4.69, 9.17) is 0 Å². The summed E-state index contributed by atoms with van der Waals surface area (Å²) in [5, 5.41) is 3.47. The Labute approximate surface area is 112 Å². The Morgan fingerprint density at radius 2 is 1.78 bits per heavy atom. The van der Waals surface area contributed by atoms with Gasteiger partial charge >= 0.3 is 0 Å². The summed E-state index contributed by atoms with van der Waals surface area (Å²) in [6, 6.07) is 4.84. The van der Waals surface area contributed by atoms with Crippen LogP contribution in [-0.2, 0) is 0 Å².